The second-order valence-corrected chi connectivity index (χ2v) is 6.60. The molecule has 98 valence electrons. The molecule has 2 aromatic carbocycles. The third-order valence-corrected chi connectivity index (χ3v) is 4.09. The molecule has 2 aromatic rings. The summed E-state index contributed by atoms with van der Waals surface area (Å²) in [4.78, 5) is 13.3. The van der Waals surface area contributed by atoms with Crippen molar-refractivity contribution in [1.82, 2.24) is 0 Å². The Morgan fingerprint density at radius 3 is 2.21 bits per heavy atom. The van der Waals surface area contributed by atoms with Crippen LogP contribution in [0.1, 0.15) is 15.9 Å². The lowest BCUT2D eigenvalue weighted by atomic mass is 10.1. The van der Waals surface area contributed by atoms with E-state index in [-0.39, 0.29) is 16.9 Å². The average molecular weight is 273 g/mol. The first kappa shape index (κ1) is 13.7. The van der Waals surface area contributed by atoms with Crippen LogP contribution in [0.5, 0.6) is 5.75 Å². The second-order valence-electron chi connectivity index (χ2n) is 4.49. The monoisotopic (exact) mass is 273 g/mol. The van der Waals surface area contributed by atoms with Crippen molar-refractivity contribution in [3.63, 3.8) is 0 Å². The first-order valence-corrected chi connectivity index (χ1v) is 8.07. The number of esters is 1. The minimum atomic E-state index is -0.308. The summed E-state index contributed by atoms with van der Waals surface area (Å²) in [5, 5.41) is 0. The van der Waals surface area contributed by atoms with Crippen LogP contribution in [0.2, 0.25) is 0 Å². The van der Waals surface area contributed by atoms with Gasteiger partial charge in [0.1, 0.15) is 18.3 Å². The molecule has 0 heterocycles. The number of hydrogen-bond donors (Lipinski definition) is 0. The molecule has 0 aliphatic heterocycles. The topological polar surface area (TPSA) is 26.3 Å². The van der Waals surface area contributed by atoms with Crippen LogP contribution in [0.3, 0.4) is 0 Å². The van der Waals surface area contributed by atoms with Crippen LogP contribution in [0.4, 0.5) is 0 Å². The number of hydrogen-bond acceptors (Lipinski definition) is 2. The highest BCUT2D eigenvalue weighted by molar-refractivity contribution is 7.95. The standard InChI is InChI=1S/C16H17O2S/c1-12-6-4-5-7-15(12)16(17)18-13-8-10-14(11-9-13)19(2)3/h4-11H,1-3H3/q+1. The predicted octanol–water partition coefficient (Wildman–Crippen LogP) is 3.45. The summed E-state index contributed by atoms with van der Waals surface area (Å²) in [5.41, 5.74) is 1.53. The van der Waals surface area contributed by atoms with Crippen molar-refractivity contribution in [2.45, 2.75) is 11.8 Å². The molecule has 0 unspecified atom stereocenters. The van der Waals surface area contributed by atoms with Crippen molar-refractivity contribution in [2.75, 3.05) is 12.5 Å². The van der Waals surface area contributed by atoms with Crippen molar-refractivity contribution in [1.29, 1.82) is 0 Å². The summed E-state index contributed by atoms with van der Waals surface area (Å²) in [6.45, 7) is 1.90. The fourth-order valence-corrected chi connectivity index (χ4v) is 2.42. The lowest BCUT2D eigenvalue weighted by Crippen LogP contribution is -2.10. The zero-order valence-electron chi connectivity index (χ0n) is 11.3. The summed E-state index contributed by atoms with van der Waals surface area (Å²) in [7, 11) is 0.220. The Kier molecular flexibility index (Phi) is 4.27. The van der Waals surface area contributed by atoms with Crippen LogP contribution in [0.25, 0.3) is 0 Å². The molecule has 0 atom stereocenters. The zero-order chi connectivity index (χ0) is 13.8. The van der Waals surface area contributed by atoms with Gasteiger partial charge in [-0.25, -0.2) is 4.79 Å². The van der Waals surface area contributed by atoms with Gasteiger partial charge in [0.15, 0.2) is 4.90 Å². The third-order valence-electron chi connectivity index (χ3n) is 2.87. The van der Waals surface area contributed by atoms with E-state index in [0.29, 0.717) is 11.3 Å². The minimum absolute atomic E-state index is 0.220. The van der Waals surface area contributed by atoms with Crippen molar-refractivity contribution in [3.05, 3.63) is 59.7 Å². The van der Waals surface area contributed by atoms with E-state index >= 15 is 0 Å². The van der Waals surface area contributed by atoms with E-state index in [1.54, 1.807) is 6.07 Å². The van der Waals surface area contributed by atoms with Crippen LogP contribution < -0.4 is 4.74 Å². The first-order chi connectivity index (χ1) is 9.08. The molecule has 0 aromatic heterocycles. The van der Waals surface area contributed by atoms with E-state index in [1.807, 2.05) is 49.4 Å². The van der Waals surface area contributed by atoms with Gasteiger partial charge in [-0.1, -0.05) is 18.2 Å². The summed E-state index contributed by atoms with van der Waals surface area (Å²) < 4.78 is 5.38. The van der Waals surface area contributed by atoms with E-state index in [9.17, 15) is 4.79 Å². The molecule has 0 spiro atoms. The Morgan fingerprint density at radius 1 is 1.00 bits per heavy atom. The second kappa shape index (κ2) is 5.93. The van der Waals surface area contributed by atoms with Gasteiger partial charge >= 0.3 is 5.97 Å². The molecule has 2 rings (SSSR count). The molecule has 0 saturated carbocycles. The average Bonchev–Trinajstić information content (AvgIpc) is 2.39. The van der Waals surface area contributed by atoms with Gasteiger partial charge in [-0.05, 0) is 42.8 Å². The summed E-state index contributed by atoms with van der Waals surface area (Å²) in [6, 6.07) is 15.1. The highest BCUT2D eigenvalue weighted by Crippen LogP contribution is 2.18. The molecule has 0 aliphatic rings. The zero-order valence-corrected chi connectivity index (χ0v) is 12.2. The SMILES string of the molecule is Cc1ccccc1C(=O)Oc1ccc([S+](C)C)cc1. The first-order valence-electron chi connectivity index (χ1n) is 6.03. The van der Waals surface area contributed by atoms with E-state index < -0.39 is 0 Å². The van der Waals surface area contributed by atoms with E-state index in [1.165, 1.54) is 4.90 Å². The van der Waals surface area contributed by atoms with Crippen molar-refractivity contribution in [2.24, 2.45) is 0 Å². The number of ether oxygens (including phenoxy) is 1. The molecule has 0 bridgehead atoms. The van der Waals surface area contributed by atoms with Crippen molar-refractivity contribution < 1.29 is 9.53 Å². The number of aryl methyl sites for hydroxylation is 1. The van der Waals surface area contributed by atoms with Gasteiger partial charge < -0.3 is 4.74 Å². The lowest BCUT2D eigenvalue weighted by molar-refractivity contribution is 0.0734. The maximum atomic E-state index is 12.0. The summed E-state index contributed by atoms with van der Waals surface area (Å²) >= 11 is 0. The van der Waals surface area contributed by atoms with Crippen LogP contribution in [0, 0.1) is 6.92 Å². The highest BCUT2D eigenvalue weighted by Gasteiger charge is 2.12. The molecule has 2 nitrogen and oxygen atoms in total. The summed E-state index contributed by atoms with van der Waals surface area (Å²) in [5.74, 6) is 0.278. The third kappa shape index (κ3) is 3.38. The predicted molar refractivity (Wildman–Crippen MR) is 80.1 cm³/mol. The normalized spacial score (nSPS) is 10.5. The molecule has 0 fully saturated rings. The highest BCUT2D eigenvalue weighted by atomic mass is 32.2. The number of rotatable bonds is 3. The molecule has 0 aliphatic carbocycles. The van der Waals surface area contributed by atoms with Gasteiger partial charge in [-0.2, -0.15) is 0 Å². The largest absolute Gasteiger partial charge is 0.423 e. The van der Waals surface area contributed by atoms with Gasteiger partial charge in [-0.15, -0.1) is 0 Å². The van der Waals surface area contributed by atoms with Gasteiger partial charge in [0.05, 0.1) is 5.56 Å². The van der Waals surface area contributed by atoms with Gasteiger partial charge in [0, 0.05) is 10.9 Å². The Balaban J connectivity index is 2.13. The van der Waals surface area contributed by atoms with Gasteiger partial charge in [0.25, 0.3) is 0 Å². The van der Waals surface area contributed by atoms with E-state index in [4.69, 9.17) is 4.74 Å². The molecule has 0 amide bonds. The number of carbonyl (C=O) groups is 1. The quantitative estimate of drug-likeness (QED) is 0.486. The number of carbonyl (C=O) groups excluding carboxylic acids is 1. The fourth-order valence-electron chi connectivity index (χ4n) is 1.74. The van der Waals surface area contributed by atoms with Crippen LogP contribution in [0.15, 0.2) is 53.4 Å². The van der Waals surface area contributed by atoms with Gasteiger partial charge in [-0.3, -0.25) is 0 Å². The maximum absolute atomic E-state index is 12.0. The fraction of sp³-hybridized carbons (Fsp3) is 0.188. The molecular weight excluding hydrogens is 256 g/mol. The Morgan fingerprint density at radius 2 is 1.63 bits per heavy atom. The van der Waals surface area contributed by atoms with Crippen molar-refractivity contribution in [3.8, 4) is 5.75 Å². The lowest BCUT2D eigenvalue weighted by Gasteiger charge is -2.06. The molecule has 3 heteroatoms. The molecule has 0 radical (unpaired) electrons. The molecule has 0 saturated heterocycles. The minimum Gasteiger partial charge on any atom is -0.423 e. The molecule has 19 heavy (non-hydrogen) atoms. The molecular formula is C16H17O2S+. The van der Waals surface area contributed by atoms with Gasteiger partial charge in [0.2, 0.25) is 0 Å². The summed E-state index contributed by atoms with van der Waals surface area (Å²) in [6.07, 6.45) is 4.32. The van der Waals surface area contributed by atoms with E-state index in [2.05, 4.69) is 12.5 Å². The van der Waals surface area contributed by atoms with Crippen LogP contribution in [-0.2, 0) is 10.9 Å². The van der Waals surface area contributed by atoms with Crippen LogP contribution >= 0.6 is 0 Å². The van der Waals surface area contributed by atoms with Crippen molar-refractivity contribution >= 4 is 16.9 Å². The Labute approximate surface area is 116 Å². The maximum Gasteiger partial charge on any atom is 0.343 e. The van der Waals surface area contributed by atoms with Crippen LogP contribution in [-0.4, -0.2) is 18.5 Å². The Hall–Kier alpha value is -1.74. The molecule has 0 N–H and O–H groups in total. The number of benzene rings is 2. The Bertz CT molecular complexity index is 574. The van der Waals surface area contributed by atoms with E-state index in [0.717, 1.165) is 5.56 Å². The smallest absolute Gasteiger partial charge is 0.343 e.